The van der Waals surface area contributed by atoms with Crippen molar-refractivity contribution < 1.29 is 9.13 Å². The predicted molar refractivity (Wildman–Crippen MR) is 110 cm³/mol. The van der Waals surface area contributed by atoms with Gasteiger partial charge in [0.15, 0.2) is 11.5 Å². The summed E-state index contributed by atoms with van der Waals surface area (Å²) < 4.78 is 20.9. The largest absolute Gasteiger partial charge is 0.378 e. The fraction of sp³-hybridized carbons (Fsp3) is 0.455. The number of anilines is 1. The SMILES string of the molecule is Fc1cccc(CN2CCCC(c3nc4ccc(N5CCOCC5)cn4n3)C2)c1. The van der Waals surface area contributed by atoms with Crippen molar-refractivity contribution in [1.82, 2.24) is 19.5 Å². The number of likely N-dealkylation sites (tertiary alicyclic amines) is 1. The number of piperidine rings is 1. The molecule has 0 spiro atoms. The summed E-state index contributed by atoms with van der Waals surface area (Å²) in [5.41, 5.74) is 3.07. The second kappa shape index (κ2) is 8.08. The van der Waals surface area contributed by atoms with E-state index in [0.29, 0.717) is 5.92 Å². The maximum atomic E-state index is 13.5. The van der Waals surface area contributed by atoms with Crippen molar-refractivity contribution in [2.45, 2.75) is 25.3 Å². The quantitative estimate of drug-likeness (QED) is 0.679. The van der Waals surface area contributed by atoms with E-state index in [1.54, 1.807) is 12.1 Å². The second-order valence-electron chi connectivity index (χ2n) is 7.96. The molecule has 3 aromatic rings. The minimum atomic E-state index is -0.172. The monoisotopic (exact) mass is 395 g/mol. The van der Waals surface area contributed by atoms with Gasteiger partial charge in [-0.2, -0.15) is 5.10 Å². The number of benzene rings is 1. The third kappa shape index (κ3) is 4.11. The fourth-order valence-corrected chi connectivity index (χ4v) is 4.37. The molecule has 1 unspecified atom stereocenters. The van der Waals surface area contributed by atoms with Crippen LogP contribution >= 0.6 is 0 Å². The molecule has 0 radical (unpaired) electrons. The van der Waals surface area contributed by atoms with Gasteiger partial charge in [-0.3, -0.25) is 4.90 Å². The summed E-state index contributed by atoms with van der Waals surface area (Å²) in [6.45, 7) is 6.05. The third-order valence-electron chi connectivity index (χ3n) is 5.87. The zero-order valence-electron chi connectivity index (χ0n) is 16.5. The summed E-state index contributed by atoms with van der Waals surface area (Å²) in [6.07, 6.45) is 4.27. The molecular formula is C22H26FN5O. The highest BCUT2D eigenvalue weighted by molar-refractivity contribution is 5.51. The molecule has 2 aromatic heterocycles. The van der Waals surface area contributed by atoms with Crippen molar-refractivity contribution >= 4 is 11.3 Å². The van der Waals surface area contributed by atoms with Gasteiger partial charge < -0.3 is 9.64 Å². The Hall–Kier alpha value is -2.51. The van der Waals surface area contributed by atoms with Gasteiger partial charge >= 0.3 is 0 Å². The number of rotatable bonds is 4. The van der Waals surface area contributed by atoms with Gasteiger partial charge in [-0.05, 0) is 49.2 Å². The van der Waals surface area contributed by atoms with E-state index in [2.05, 4.69) is 28.1 Å². The van der Waals surface area contributed by atoms with Gasteiger partial charge in [0, 0.05) is 32.1 Å². The lowest BCUT2D eigenvalue weighted by molar-refractivity contribution is 0.122. The van der Waals surface area contributed by atoms with E-state index in [-0.39, 0.29) is 5.82 Å². The van der Waals surface area contributed by atoms with Crippen LogP contribution in [-0.4, -0.2) is 58.9 Å². The van der Waals surface area contributed by atoms with Crippen LogP contribution in [0.25, 0.3) is 5.65 Å². The summed E-state index contributed by atoms with van der Waals surface area (Å²) in [6, 6.07) is 11.1. The molecule has 2 fully saturated rings. The maximum absolute atomic E-state index is 13.5. The maximum Gasteiger partial charge on any atom is 0.156 e. The van der Waals surface area contributed by atoms with Crippen LogP contribution < -0.4 is 4.90 Å². The lowest BCUT2D eigenvalue weighted by atomic mass is 9.97. The predicted octanol–water partition coefficient (Wildman–Crippen LogP) is 3.08. The standard InChI is InChI=1S/C22H26FN5O/c23-19-5-1-3-17(13-19)14-26-8-2-4-18(15-26)22-24-21-7-6-20(16-28(21)25-22)27-9-11-29-12-10-27/h1,3,5-7,13,16,18H,2,4,8-12,14-15H2. The molecular weight excluding hydrogens is 369 g/mol. The van der Waals surface area contributed by atoms with Crippen molar-refractivity contribution in [3.8, 4) is 0 Å². The van der Waals surface area contributed by atoms with Crippen LogP contribution in [-0.2, 0) is 11.3 Å². The Labute approximate surface area is 169 Å². The number of ether oxygens (including phenoxy) is 1. The highest BCUT2D eigenvalue weighted by atomic mass is 19.1. The van der Waals surface area contributed by atoms with Gasteiger partial charge in [0.05, 0.1) is 25.1 Å². The van der Waals surface area contributed by atoms with Crippen LogP contribution in [0.15, 0.2) is 42.6 Å². The number of morpholine rings is 1. The molecule has 4 heterocycles. The first-order chi connectivity index (χ1) is 14.2. The Morgan fingerprint density at radius 2 is 2.00 bits per heavy atom. The van der Waals surface area contributed by atoms with E-state index >= 15 is 0 Å². The molecule has 1 aromatic carbocycles. The molecule has 6 nitrogen and oxygen atoms in total. The normalized spacial score (nSPS) is 21.0. The number of halogens is 1. The molecule has 5 rings (SSSR count). The summed E-state index contributed by atoms with van der Waals surface area (Å²) in [5.74, 6) is 1.05. The summed E-state index contributed by atoms with van der Waals surface area (Å²) in [5, 5.41) is 4.81. The number of hydrogen-bond donors (Lipinski definition) is 0. The minimum Gasteiger partial charge on any atom is -0.378 e. The molecule has 29 heavy (non-hydrogen) atoms. The third-order valence-corrected chi connectivity index (χ3v) is 5.87. The Morgan fingerprint density at radius 3 is 2.86 bits per heavy atom. The molecule has 0 aliphatic carbocycles. The highest BCUT2D eigenvalue weighted by Gasteiger charge is 2.25. The lowest BCUT2D eigenvalue weighted by Gasteiger charge is -2.31. The average Bonchev–Trinajstić information content (AvgIpc) is 3.18. The van der Waals surface area contributed by atoms with Crippen LogP contribution in [0.3, 0.4) is 0 Å². The zero-order valence-corrected chi connectivity index (χ0v) is 16.5. The number of nitrogens with zero attached hydrogens (tertiary/aromatic N) is 5. The summed E-state index contributed by atoms with van der Waals surface area (Å²) >= 11 is 0. The Morgan fingerprint density at radius 1 is 1.10 bits per heavy atom. The zero-order chi connectivity index (χ0) is 19.6. The molecule has 1 atom stereocenters. The molecule has 2 aliphatic heterocycles. The lowest BCUT2D eigenvalue weighted by Crippen LogP contribution is -2.36. The topological polar surface area (TPSA) is 45.9 Å². The second-order valence-corrected chi connectivity index (χ2v) is 7.96. The van der Waals surface area contributed by atoms with E-state index < -0.39 is 0 Å². The van der Waals surface area contributed by atoms with Gasteiger partial charge in [-0.25, -0.2) is 13.9 Å². The van der Waals surface area contributed by atoms with Crippen molar-refractivity contribution in [1.29, 1.82) is 0 Å². The van der Waals surface area contributed by atoms with Gasteiger partial charge in [0.1, 0.15) is 5.82 Å². The first-order valence-electron chi connectivity index (χ1n) is 10.4. The smallest absolute Gasteiger partial charge is 0.156 e. The number of hydrogen-bond acceptors (Lipinski definition) is 5. The highest BCUT2D eigenvalue weighted by Crippen LogP contribution is 2.27. The van der Waals surface area contributed by atoms with Crippen LogP contribution in [0.5, 0.6) is 0 Å². The van der Waals surface area contributed by atoms with E-state index in [1.807, 2.05) is 10.6 Å². The molecule has 7 heteroatoms. The average molecular weight is 395 g/mol. The van der Waals surface area contributed by atoms with Crippen molar-refractivity contribution in [3.05, 3.63) is 59.8 Å². The van der Waals surface area contributed by atoms with Crippen LogP contribution in [0.1, 0.15) is 30.1 Å². The number of pyridine rings is 1. The van der Waals surface area contributed by atoms with E-state index in [1.165, 1.54) is 6.07 Å². The van der Waals surface area contributed by atoms with E-state index in [9.17, 15) is 4.39 Å². The number of fused-ring (bicyclic) bond motifs is 1. The Kier molecular flexibility index (Phi) is 5.16. The van der Waals surface area contributed by atoms with Gasteiger partial charge in [0.2, 0.25) is 0 Å². The van der Waals surface area contributed by atoms with Gasteiger partial charge in [-0.1, -0.05) is 12.1 Å². The van der Waals surface area contributed by atoms with Crippen LogP contribution in [0.4, 0.5) is 10.1 Å². The molecule has 2 aliphatic rings. The Balaban J connectivity index is 1.31. The molecule has 0 N–H and O–H groups in total. The molecule has 0 bridgehead atoms. The first kappa shape index (κ1) is 18.5. The Bertz CT molecular complexity index is 984. The van der Waals surface area contributed by atoms with Gasteiger partial charge in [0.25, 0.3) is 0 Å². The van der Waals surface area contributed by atoms with Crippen LogP contribution in [0, 0.1) is 5.82 Å². The minimum absolute atomic E-state index is 0.172. The van der Waals surface area contributed by atoms with Crippen molar-refractivity contribution in [3.63, 3.8) is 0 Å². The summed E-state index contributed by atoms with van der Waals surface area (Å²) in [4.78, 5) is 9.51. The molecule has 2 saturated heterocycles. The first-order valence-corrected chi connectivity index (χ1v) is 10.4. The van der Waals surface area contributed by atoms with Crippen molar-refractivity contribution in [2.24, 2.45) is 0 Å². The van der Waals surface area contributed by atoms with Crippen LogP contribution in [0.2, 0.25) is 0 Å². The molecule has 152 valence electrons. The fourth-order valence-electron chi connectivity index (χ4n) is 4.37. The van der Waals surface area contributed by atoms with Gasteiger partial charge in [-0.15, -0.1) is 0 Å². The molecule has 0 saturated carbocycles. The summed E-state index contributed by atoms with van der Waals surface area (Å²) in [7, 11) is 0. The number of aromatic nitrogens is 3. The van der Waals surface area contributed by atoms with E-state index in [4.69, 9.17) is 14.8 Å². The van der Waals surface area contributed by atoms with E-state index in [0.717, 1.165) is 81.5 Å². The van der Waals surface area contributed by atoms with Crippen molar-refractivity contribution in [2.75, 3.05) is 44.3 Å². The molecule has 0 amide bonds.